The van der Waals surface area contributed by atoms with Gasteiger partial charge in [-0.3, -0.25) is 0 Å². The smallest absolute Gasteiger partial charge is 0.0630 e. The maximum atomic E-state index is 2.50. The number of allylic oxidation sites excluding steroid dienone is 2. The van der Waals surface area contributed by atoms with Crippen molar-refractivity contribution in [1.29, 1.82) is 0 Å². The lowest BCUT2D eigenvalue weighted by atomic mass is 9.85. The normalized spacial score (nSPS) is 18.9. The molecule has 0 radical (unpaired) electrons. The van der Waals surface area contributed by atoms with Gasteiger partial charge in [-0.15, -0.1) is 0 Å². The number of nitrogens with zero attached hydrogens (tertiary/aromatic N) is 1. The Hall–Kier alpha value is -3.84. The number of unbranched alkanes of at least 4 members (excludes halogenated alkanes) is 1. The summed E-state index contributed by atoms with van der Waals surface area (Å²) >= 11 is 0. The molecule has 1 heteroatoms. The van der Waals surface area contributed by atoms with E-state index in [9.17, 15) is 0 Å². The van der Waals surface area contributed by atoms with Gasteiger partial charge in [0.25, 0.3) is 0 Å². The van der Waals surface area contributed by atoms with Crippen LogP contribution in [0, 0.1) is 0 Å². The Labute approximate surface area is 214 Å². The third-order valence-electron chi connectivity index (χ3n) is 8.20. The van der Waals surface area contributed by atoms with Crippen LogP contribution >= 0.6 is 0 Å². The quantitative estimate of drug-likeness (QED) is 0.250. The van der Waals surface area contributed by atoms with E-state index in [0.29, 0.717) is 12.0 Å². The number of hydrogen-bond donors (Lipinski definition) is 0. The molecule has 0 fully saturated rings. The summed E-state index contributed by atoms with van der Waals surface area (Å²) in [4.78, 5) is 2.50. The summed E-state index contributed by atoms with van der Waals surface area (Å²) in [5, 5.41) is 0. The lowest BCUT2D eigenvalue weighted by Gasteiger charge is -2.29. The minimum atomic E-state index is 0.310. The van der Waals surface area contributed by atoms with Gasteiger partial charge in [0.2, 0.25) is 0 Å². The number of hydrogen-bond acceptors (Lipinski definition) is 1. The average Bonchev–Trinajstić information content (AvgIpc) is 3.47. The summed E-state index contributed by atoms with van der Waals surface area (Å²) in [7, 11) is 0. The van der Waals surface area contributed by atoms with E-state index < -0.39 is 0 Å². The van der Waals surface area contributed by atoms with Gasteiger partial charge >= 0.3 is 0 Å². The third-order valence-corrected chi connectivity index (χ3v) is 8.20. The summed E-state index contributed by atoms with van der Waals surface area (Å²) < 4.78 is 0. The van der Waals surface area contributed by atoms with Crippen LogP contribution in [0.25, 0.3) is 16.7 Å². The Morgan fingerprint density at radius 2 is 1.58 bits per heavy atom. The topological polar surface area (TPSA) is 3.24 Å². The Bertz CT molecular complexity index is 1510. The molecule has 1 nitrogen and oxygen atoms in total. The number of fused-ring (bicyclic) bond motifs is 6. The van der Waals surface area contributed by atoms with Gasteiger partial charge in [-0.05, 0) is 88.0 Å². The Morgan fingerprint density at radius 1 is 0.806 bits per heavy atom. The lowest BCUT2D eigenvalue weighted by Crippen LogP contribution is -2.28. The maximum Gasteiger partial charge on any atom is 0.0630 e. The van der Waals surface area contributed by atoms with Gasteiger partial charge in [0.05, 0.1) is 6.04 Å². The van der Waals surface area contributed by atoms with Crippen LogP contribution in [-0.2, 0) is 12.8 Å². The van der Waals surface area contributed by atoms with E-state index in [1.807, 2.05) is 0 Å². The molecule has 2 unspecified atom stereocenters. The molecule has 1 aliphatic heterocycles. The number of rotatable bonds is 5. The molecule has 0 bridgehead atoms. The van der Waals surface area contributed by atoms with Gasteiger partial charge in [-0.2, -0.15) is 0 Å². The predicted molar refractivity (Wildman–Crippen MR) is 152 cm³/mol. The van der Waals surface area contributed by atoms with E-state index in [-0.39, 0.29) is 0 Å². The van der Waals surface area contributed by atoms with Crippen LogP contribution in [0.2, 0.25) is 0 Å². The first-order valence-corrected chi connectivity index (χ1v) is 13.4. The Balaban J connectivity index is 1.26. The van der Waals surface area contributed by atoms with Gasteiger partial charge in [-0.25, -0.2) is 0 Å². The molecule has 3 aliphatic rings. The molecular weight excluding hydrogens is 434 g/mol. The number of para-hydroxylation sites is 2. The van der Waals surface area contributed by atoms with Gasteiger partial charge < -0.3 is 4.90 Å². The summed E-state index contributed by atoms with van der Waals surface area (Å²) in [6.45, 7) is 2.27. The largest absolute Gasteiger partial charge is 0.333 e. The summed E-state index contributed by atoms with van der Waals surface area (Å²) in [5.74, 6) is 0.350. The fraction of sp³-hybridized carbons (Fsp3) is 0.200. The van der Waals surface area contributed by atoms with Crippen molar-refractivity contribution < 1.29 is 0 Å². The second-order valence-electron chi connectivity index (χ2n) is 10.4. The number of aryl methyl sites for hydroxylation is 1. The zero-order valence-electron chi connectivity index (χ0n) is 20.8. The first kappa shape index (κ1) is 21.4. The number of benzene rings is 4. The first-order valence-electron chi connectivity index (χ1n) is 13.4. The van der Waals surface area contributed by atoms with Crippen molar-refractivity contribution in [2.75, 3.05) is 4.90 Å². The SMILES string of the molecule is CCCCc1ccc2c(c1)-c1cc(C3=CC4c5ccccc5N(c5ccccc5)C4C=C3)ccc1C2. The Morgan fingerprint density at radius 3 is 2.44 bits per heavy atom. The molecule has 4 aromatic rings. The zero-order chi connectivity index (χ0) is 24.1. The highest BCUT2D eigenvalue weighted by atomic mass is 15.2. The average molecular weight is 466 g/mol. The Kier molecular flexibility index (Phi) is 5.17. The highest BCUT2D eigenvalue weighted by molar-refractivity contribution is 5.86. The van der Waals surface area contributed by atoms with E-state index in [2.05, 4.69) is 121 Å². The fourth-order valence-corrected chi connectivity index (χ4v) is 6.36. The van der Waals surface area contributed by atoms with Crippen molar-refractivity contribution in [2.24, 2.45) is 0 Å². The van der Waals surface area contributed by atoms with Gasteiger partial charge in [0.1, 0.15) is 0 Å². The van der Waals surface area contributed by atoms with Crippen LogP contribution in [0.15, 0.2) is 109 Å². The minimum absolute atomic E-state index is 0.310. The van der Waals surface area contributed by atoms with Crippen LogP contribution in [0.1, 0.15) is 53.5 Å². The van der Waals surface area contributed by atoms with Crippen molar-refractivity contribution in [1.82, 2.24) is 0 Å². The summed E-state index contributed by atoms with van der Waals surface area (Å²) in [6, 6.07) is 34.3. The van der Waals surface area contributed by atoms with Crippen molar-refractivity contribution in [3.05, 3.63) is 137 Å². The van der Waals surface area contributed by atoms with E-state index in [1.54, 1.807) is 0 Å². The van der Waals surface area contributed by atoms with Crippen molar-refractivity contribution >= 4 is 16.9 Å². The van der Waals surface area contributed by atoms with Crippen molar-refractivity contribution in [3.8, 4) is 11.1 Å². The fourth-order valence-electron chi connectivity index (χ4n) is 6.36. The molecule has 0 spiro atoms. The second kappa shape index (κ2) is 8.68. The van der Waals surface area contributed by atoms with Gasteiger partial charge in [0, 0.05) is 17.3 Å². The molecule has 2 aliphatic carbocycles. The molecule has 0 aromatic heterocycles. The monoisotopic (exact) mass is 465 g/mol. The van der Waals surface area contributed by atoms with Crippen LogP contribution in [0.5, 0.6) is 0 Å². The third kappa shape index (κ3) is 3.45. The maximum absolute atomic E-state index is 2.50. The molecular formula is C35H31N. The molecule has 36 heavy (non-hydrogen) atoms. The van der Waals surface area contributed by atoms with Crippen LogP contribution in [0.4, 0.5) is 11.4 Å². The van der Waals surface area contributed by atoms with Gasteiger partial charge in [0.15, 0.2) is 0 Å². The predicted octanol–water partition coefficient (Wildman–Crippen LogP) is 8.86. The highest BCUT2D eigenvalue weighted by Crippen LogP contribution is 2.49. The van der Waals surface area contributed by atoms with Crippen LogP contribution in [-0.4, -0.2) is 6.04 Å². The van der Waals surface area contributed by atoms with Crippen LogP contribution < -0.4 is 4.90 Å². The highest BCUT2D eigenvalue weighted by Gasteiger charge is 2.38. The first-order chi connectivity index (χ1) is 17.8. The molecule has 0 saturated carbocycles. The van der Waals surface area contributed by atoms with E-state index in [1.165, 1.54) is 75.2 Å². The van der Waals surface area contributed by atoms with E-state index >= 15 is 0 Å². The standard InChI is InChI=1S/C35H31N/c1-2-3-9-24-14-15-27-21-28-17-16-25(22-32(28)31(27)20-24)26-18-19-35-33(23-26)30-12-7-8-13-34(30)36(35)29-10-5-4-6-11-29/h4-8,10-20,22-23,33,35H,2-3,9,21H2,1H3. The zero-order valence-corrected chi connectivity index (χ0v) is 20.8. The molecule has 2 atom stereocenters. The lowest BCUT2D eigenvalue weighted by molar-refractivity contribution is 0.747. The van der Waals surface area contributed by atoms with Gasteiger partial charge in [-0.1, -0.05) is 98.3 Å². The van der Waals surface area contributed by atoms with Crippen molar-refractivity contribution in [3.63, 3.8) is 0 Å². The molecule has 0 saturated heterocycles. The molecule has 1 heterocycles. The molecule has 0 amide bonds. The molecule has 7 rings (SSSR count). The van der Waals surface area contributed by atoms with E-state index in [4.69, 9.17) is 0 Å². The molecule has 4 aromatic carbocycles. The number of anilines is 2. The van der Waals surface area contributed by atoms with Crippen molar-refractivity contribution in [2.45, 2.75) is 44.6 Å². The summed E-state index contributed by atoms with van der Waals surface area (Å²) in [6.07, 6.45) is 12.0. The summed E-state index contributed by atoms with van der Waals surface area (Å²) in [5.41, 5.74) is 13.9. The second-order valence-corrected chi connectivity index (χ2v) is 10.4. The van der Waals surface area contributed by atoms with E-state index in [0.717, 1.165) is 6.42 Å². The molecule has 0 N–H and O–H groups in total. The minimum Gasteiger partial charge on any atom is -0.333 e. The molecule has 176 valence electrons. The van der Waals surface area contributed by atoms with Crippen LogP contribution in [0.3, 0.4) is 0 Å².